The van der Waals surface area contributed by atoms with Gasteiger partial charge in [-0.2, -0.15) is 0 Å². The predicted molar refractivity (Wildman–Crippen MR) is 96.2 cm³/mol. The second-order valence-corrected chi connectivity index (χ2v) is 5.18. The Labute approximate surface area is 147 Å². The number of hydrogen-bond donors (Lipinski definition) is 2. The molecule has 2 aromatic rings. The van der Waals surface area contributed by atoms with Crippen molar-refractivity contribution in [2.24, 2.45) is 0 Å². The molecule has 0 aliphatic carbocycles. The van der Waals surface area contributed by atoms with Crippen LogP contribution < -0.4 is 15.4 Å². The van der Waals surface area contributed by atoms with Gasteiger partial charge in [0.25, 0.3) is 11.8 Å². The maximum Gasteiger partial charge on any atom is 0.255 e. The van der Waals surface area contributed by atoms with Crippen LogP contribution in [0.3, 0.4) is 0 Å². The van der Waals surface area contributed by atoms with Crippen LogP contribution in [-0.4, -0.2) is 38.7 Å². The van der Waals surface area contributed by atoms with Gasteiger partial charge >= 0.3 is 0 Å². The van der Waals surface area contributed by atoms with Crippen molar-refractivity contribution in [2.75, 3.05) is 32.2 Å². The van der Waals surface area contributed by atoms with Gasteiger partial charge in [0.2, 0.25) is 0 Å². The second kappa shape index (κ2) is 9.44. The lowest BCUT2D eigenvalue weighted by Gasteiger charge is -2.08. The molecule has 0 radical (unpaired) electrons. The van der Waals surface area contributed by atoms with Gasteiger partial charge in [-0.25, -0.2) is 0 Å². The molecule has 0 fully saturated rings. The zero-order chi connectivity index (χ0) is 18.1. The summed E-state index contributed by atoms with van der Waals surface area (Å²) in [6.45, 7) is 3.59. The molecule has 0 aliphatic heterocycles. The Hall–Kier alpha value is -2.86. The zero-order valence-corrected chi connectivity index (χ0v) is 14.4. The number of amides is 2. The fourth-order valence-corrected chi connectivity index (χ4v) is 2.12. The molecule has 0 unspecified atom stereocenters. The largest absolute Gasteiger partial charge is 0.491 e. The first-order valence-electron chi connectivity index (χ1n) is 8.08. The molecule has 2 amide bonds. The van der Waals surface area contributed by atoms with Crippen molar-refractivity contribution in [3.8, 4) is 5.75 Å². The highest BCUT2D eigenvalue weighted by molar-refractivity contribution is 6.04. The Morgan fingerprint density at radius 2 is 1.48 bits per heavy atom. The third-order valence-electron chi connectivity index (χ3n) is 3.45. The third kappa shape index (κ3) is 5.61. The monoisotopic (exact) mass is 342 g/mol. The van der Waals surface area contributed by atoms with E-state index in [1.54, 1.807) is 55.6 Å². The van der Waals surface area contributed by atoms with Gasteiger partial charge < -0.3 is 20.1 Å². The van der Waals surface area contributed by atoms with Crippen molar-refractivity contribution < 1.29 is 19.1 Å². The molecule has 2 N–H and O–H groups in total. The van der Waals surface area contributed by atoms with E-state index in [9.17, 15) is 9.59 Å². The first kappa shape index (κ1) is 18.5. The summed E-state index contributed by atoms with van der Waals surface area (Å²) in [5.41, 5.74) is 1.68. The van der Waals surface area contributed by atoms with Gasteiger partial charge in [-0.15, -0.1) is 0 Å². The van der Waals surface area contributed by atoms with Crippen LogP contribution in [-0.2, 0) is 4.74 Å². The molecule has 0 heterocycles. The topological polar surface area (TPSA) is 76.7 Å². The van der Waals surface area contributed by atoms with E-state index in [4.69, 9.17) is 9.47 Å². The number of carbonyl (C=O) groups excluding carboxylic acids is 2. The van der Waals surface area contributed by atoms with Gasteiger partial charge in [-0.3, -0.25) is 9.59 Å². The molecule has 0 saturated heterocycles. The van der Waals surface area contributed by atoms with E-state index < -0.39 is 0 Å². The molecule has 0 saturated carbocycles. The third-order valence-corrected chi connectivity index (χ3v) is 3.45. The summed E-state index contributed by atoms with van der Waals surface area (Å²) in [7, 11) is 1.57. The molecule has 0 bridgehead atoms. The van der Waals surface area contributed by atoms with E-state index in [1.165, 1.54) is 0 Å². The van der Waals surface area contributed by atoms with Crippen molar-refractivity contribution in [1.29, 1.82) is 0 Å². The van der Waals surface area contributed by atoms with Crippen molar-refractivity contribution in [2.45, 2.75) is 6.92 Å². The highest BCUT2D eigenvalue weighted by Gasteiger charge is 2.08. The van der Waals surface area contributed by atoms with Crippen molar-refractivity contribution >= 4 is 17.5 Å². The van der Waals surface area contributed by atoms with Crippen molar-refractivity contribution in [3.05, 3.63) is 59.7 Å². The van der Waals surface area contributed by atoms with Gasteiger partial charge in [-0.1, -0.05) is 0 Å². The number of hydrogen-bond acceptors (Lipinski definition) is 4. The van der Waals surface area contributed by atoms with Crippen LogP contribution >= 0.6 is 0 Å². The average molecular weight is 342 g/mol. The average Bonchev–Trinajstić information content (AvgIpc) is 2.65. The van der Waals surface area contributed by atoms with Crippen LogP contribution in [0.15, 0.2) is 48.5 Å². The molecule has 0 spiro atoms. The van der Waals surface area contributed by atoms with Crippen LogP contribution in [0.2, 0.25) is 0 Å². The Morgan fingerprint density at radius 3 is 2.08 bits per heavy atom. The Balaban J connectivity index is 1.91. The molecule has 0 atom stereocenters. The number of rotatable bonds is 8. The molecule has 25 heavy (non-hydrogen) atoms. The molecular weight excluding hydrogens is 320 g/mol. The molecule has 6 nitrogen and oxygen atoms in total. The van der Waals surface area contributed by atoms with Crippen molar-refractivity contribution in [3.63, 3.8) is 0 Å². The fourth-order valence-electron chi connectivity index (χ4n) is 2.12. The molecule has 6 heteroatoms. The highest BCUT2D eigenvalue weighted by Crippen LogP contribution is 2.15. The number of nitrogens with one attached hydrogen (secondary N) is 2. The van der Waals surface area contributed by atoms with Crippen LogP contribution in [0, 0.1) is 0 Å². The van der Waals surface area contributed by atoms with Gasteiger partial charge in [0.15, 0.2) is 0 Å². The molecule has 132 valence electrons. The minimum absolute atomic E-state index is 0.169. The SMILES string of the molecule is CCOCCOc1ccc(C(=O)Nc2ccc(C(=O)NC)cc2)cc1. The van der Waals surface area contributed by atoms with Gasteiger partial charge in [0, 0.05) is 30.5 Å². The standard InChI is InChI=1S/C19H22N2O4/c1-3-24-12-13-25-17-10-6-15(7-11-17)19(23)21-16-8-4-14(5-9-16)18(22)20-2/h4-11H,3,12-13H2,1-2H3,(H,20,22)(H,21,23). The number of carbonyl (C=O) groups is 2. The maximum absolute atomic E-state index is 12.2. The lowest BCUT2D eigenvalue weighted by Crippen LogP contribution is -2.17. The lowest BCUT2D eigenvalue weighted by molar-refractivity contribution is 0.0962. The minimum Gasteiger partial charge on any atom is -0.491 e. The maximum atomic E-state index is 12.2. The van der Waals surface area contributed by atoms with Crippen LogP contribution in [0.1, 0.15) is 27.6 Å². The van der Waals surface area contributed by atoms with Gasteiger partial charge in [-0.05, 0) is 55.5 Å². The van der Waals surface area contributed by atoms with Gasteiger partial charge in [0.1, 0.15) is 12.4 Å². The summed E-state index contributed by atoms with van der Waals surface area (Å²) in [4.78, 5) is 23.7. The lowest BCUT2D eigenvalue weighted by atomic mass is 10.1. The summed E-state index contributed by atoms with van der Waals surface area (Å²) < 4.78 is 10.7. The van der Waals surface area contributed by atoms with Crippen LogP contribution in [0.4, 0.5) is 5.69 Å². The summed E-state index contributed by atoms with van der Waals surface area (Å²) in [6.07, 6.45) is 0. The van der Waals surface area contributed by atoms with E-state index in [0.29, 0.717) is 42.4 Å². The first-order chi connectivity index (χ1) is 12.1. The fraction of sp³-hybridized carbons (Fsp3) is 0.263. The Bertz CT molecular complexity index is 696. The van der Waals surface area contributed by atoms with E-state index >= 15 is 0 Å². The summed E-state index contributed by atoms with van der Waals surface area (Å²) in [5, 5.41) is 5.34. The molecule has 0 aromatic heterocycles. The molecular formula is C19H22N2O4. The predicted octanol–water partition coefficient (Wildman–Crippen LogP) is 2.71. The molecule has 2 aromatic carbocycles. The molecule has 2 rings (SSSR count). The zero-order valence-electron chi connectivity index (χ0n) is 14.4. The summed E-state index contributed by atoms with van der Waals surface area (Å²) in [5.74, 6) is 0.289. The first-order valence-corrected chi connectivity index (χ1v) is 8.08. The Kier molecular flexibility index (Phi) is 6.98. The summed E-state index contributed by atoms with van der Waals surface area (Å²) >= 11 is 0. The van der Waals surface area contributed by atoms with Crippen molar-refractivity contribution in [1.82, 2.24) is 5.32 Å². The number of anilines is 1. The number of benzene rings is 2. The Morgan fingerprint density at radius 1 is 0.880 bits per heavy atom. The van der Waals surface area contributed by atoms with Crippen LogP contribution in [0.5, 0.6) is 5.75 Å². The van der Waals surface area contributed by atoms with E-state index in [2.05, 4.69) is 10.6 Å². The van der Waals surface area contributed by atoms with E-state index in [0.717, 1.165) is 0 Å². The normalized spacial score (nSPS) is 10.2. The summed E-state index contributed by atoms with van der Waals surface area (Å²) in [6, 6.07) is 13.6. The smallest absolute Gasteiger partial charge is 0.255 e. The highest BCUT2D eigenvalue weighted by atomic mass is 16.5. The van der Waals surface area contributed by atoms with Crippen LogP contribution in [0.25, 0.3) is 0 Å². The molecule has 0 aliphatic rings. The van der Waals surface area contributed by atoms with E-state index in [-0.39, 0.29) is 11.8 Å². The van der Waals surface area contributed by atoms with Gasteiger partial charge in [0.05, 0.1) is 6.61 Å². The quantitative estimate of drug-likeness (QED) is 0.723. The number of ether oxygens (including phenoxy) is 2. The van der Waals surface area contributed by atoms with E-state index in [1.807, 2.05) is 6.92 Å². The second-order valence-electron chi connectivity index (χ2n) is 5.18. The minimum atomic E-state index is -0.228.